The summed E-state index contributed by atoms with van der Waals surface area (Å²) in [7, 11) is 1.44. The fraction of sp³-hybridized carbons (Fsp3) is 0.409. The second-order valence-electron chi connectivity index (χ2n) is 7.36. The Morgan fingerprint density at radius 2 is 2.00 bits per heavy atom. The van der Waals surface area contributed by atoms with Crippen molar-refractivity contribution >= 4 is 17.7 Å². The Morgan fingerprint density at radius 3 is 2.63 bits per heavy atom. The highest BCUT2D eigenvalue weighted by molar-refractivity contribution is 5.97. The van der Waals surface area contributed by atoms with Gasteiger partial charge in [0.25, 0.3) is 5.91 Å². The predicted molar refractivity (Wildman–Crippen MR) is 110 cm³/mol. The summed E-state index contributed by atoms with van der Waals surface area (Å²) in [6.45, 7) is 3.25. The van der Waals surface area contributed by atoms with Crippen molar-refractivity contribution in [1.29, 1.82) is 5.26 Å². The van der Waals surface area contributed by atoms with Crippen molar-refractivity contribution in [2.45, 2.75) is 45.6 Å². The van der Waals surface area contributed by atoms with Crippen molar-refractivity contribution in [2.24, 2.45) is 0 Å². The molecule has 8 heteroatoms. The molecule has 1 aromatic carbocycles. The number of ether oxygens (including phenoxy) is 2. The minimum Gasteiger partial charge on any atom is -0.507 e. The summed E-state index contributed by atoms with van der Waals surface area (Å²) in [5.41, 5.74) is 2.11. The summed E-state index contributed by atoms with van der Waals surface area (Å²) in [6.07, 6.45) is 4.20. The second kappa shape index (κ2) is 8.91. The molecule has 2 aromatic rings. The van der Waals surface area contributed by atoms with Gasteiger partial charge >= 0.3 is 5.97 Å². The van der Waals surface area contributed by atoms with Crippen molar-refractivity contribution in [3.05, 3.63) is 40.6 Å². The third-order valence-electron chi connectivity index (χ3n) is 5.57. The minimum atomic E-state index is -0.847. The summed E-state index contributed by atoms with van der Waals surface area (Å²) in [5.74, 6) is -0.846. The van der Waals surface area contributed by atoms with Crippen LogP contribution in [0.15, 0.2) is 18.2 Å². The standard InChI is InChI=1S/C22H25N3O5/c1-13-14(2)25(15-6-4-5-7-15)21(18(13)11-23)24-20(27)12-30-22(28)17-10-16(29-3)8-9-19(17)26/h8-10,15,26H,4-7,12H2,1-3H3,(H,24,27). The summed E-state index contributed by atoms with van der Waals surface area (Å²) in [4.78, 5) is 24.8. The molecule has 1 aliphatic carbocycles. The van der Waals surface area contributed by atoms with Gasteiger partial charge in [-0.05, 0) is 50.5 Å². The van der Waals surface area contributed by atoms with E-state index in [0.717, 1.165) is 36.9 Å². The molecule has 158 valence electrons. The molecule has 1 fully saturated rings. The lowest BCUT2D eigenvalue weighted by molar-refractivity contribution is -0.119. The Morgan fingerprint density at radius 1 is 1.30 bits per heavy atom. The Balaban J connectivity index is 1.75. The highest BCUT2D eigenvalue weighted by Gasteiger charge is 2.27. The number of amides is 1. The maximum absolute atomic E-state index is 12.5. The number of nitriles is 1. The van der Waals surface area contributed by atoms with E-state index in [0.29, 0.717) is 17.1 Å². The Kier molecular flexibility index (Phi) is 6.31. The number of benzene rings is 1. The van der Waals surface area contributed by atoms with E-state index in [9.17, 15) is 20.0 Å². The van der Waals surface area contributed by atoms with Crippen LogP contribution in [0.3, 0.4) is 0 Å². The number of rotatable bonds is 6. The monoisotopic (exact) mass is 411 g/mol. The van der Waals surface area contributed by atoms with E-state index in [4.69, 9.17) is 9.47 Å². The van der Waals surface area contributed by atoms with Crippen LogP contribution in [-0.2, 0) is 9.53 Å². The van der Waals surface area contributed by atoms with Crippen LogP contribution < -0.4 is 10.1 Å². The lowest BCUT2D eigenvalue weighted by atomic mass is 10.2. The molecule has 0 unspecified atom stereocenters. The molecule has 1 aromatic heterocycles. The topological polar surface area (TPSA) is 114 Å². The Labute approximate surface area is 175 Å². The lowest BCUT2D eigenvalue weighted by Gasteiger charge is -2.19. The van der Waals surface area contributed by atoms with Crippen LogP contribution in [0.5, 0.6) is 11.5 Å². The molecule has 0 atom stereocenters. The van der Waals surface area contributed by atoms with Crippen LogP contribution in [-0.4, -0.2) is 35.3 Å². The van der Waals surface area contributed by atoms with Gasteiger partial charge < -0.3 is 24.5 Å². The Hall–Kier alpha value is -3.47. The molecule has 0 radical (unpaired) electrons. The third-order valence-corrected chi connectivity index (χ3v) is 5.57. The van der Waals surface area contributed by atoms with Gasteiger partial charge in [0.2, 0.25) is 0 Å². The van der Waals surface area contributed by atoms with E-state index in [1.54, 1.807) is 0 Å². The molecule has 8 nitrogen and oxygen atoms in total. The fourth-order valence-electron chi connectivity index (χ4n) is 3.89. The van der Waals surface area contributed by atoms with Gasteiger partial charge in [-0.1, -0.05) is 12.8 Å². The molecular formula is C22H25N3O5. The van der Waals surface area contributed by atoms with Gasteiger partial charge in [-0.25, -0.2) is 4.79 Å². The number of carbonyl (C=O) groups is 2. The quantitative estimate of drug-likeness (QED) is 0.702. The summed E-state index contributed by atoms with van der Waals surface area (Å²) >= 11 is 0. The zero-order valence-electron chi connectivity index (χ0n) is 17.3. The number of hydrogen-bond acceptors (Lipinski definition) is 6. The second-order valence-corrected chi connectivity index (χ2v) is 7.36. The number of phenols is 1. The fourth-order valence-corrected chi connectivity index (χ4v) is 3.89. The van der Waals surface area contributed by atoms with Crippen molar-refractivity contribution in [2.75, 3.05) is 19.0 Å². The zero-order chi connectivity index (χ0) is 21.8. The normalized spacial score (nSPS) is 13.7. The number of aromatic hydroxyl groups is 1. The van der Waals surface area contributed by atoms with Crippen LogP contribution in [0.4, 0.5) is 5.82 Å². The molecular weight excluding hydrogens is 386 g/mol. The Bertz CT molecular complexity index is 1010. The van der Waals surface area contributed by atoms with Crippen molar-refractivity contribution in [1.82, 2.24) is 4.57 Å². The highest BCUT2D eigenvalue weighted by Crippen LogP contribution is 2.37. The number of anilines is 1. The van der Waals surface area contributed by atoms with E-state index in [1.165, 1.54) is 25.3 Å². The molecule has 1 saturated carbocycles. The number of aromatic nitrogens is 1. The molecule has 2 N–H and O–H groups in total. The first kappa shape index (κ1) is 21.2. The summed E-state index contributed by atoms with van der Waals surface area (Å²) in [5, 5.41) is 22.2. The van der Waals surface area contributed by atoms with E-state index in [-0.39, 0.29) is 17.4 Å². The molecule has 0 saturated heterocycles. The van der Waals surface area contributed by atoms with E-state index in [2.05, 4.69) is 11.4 Å². The molecule has 1 amide bonds. The largest absolute Gasteiger partial charge is 0.507 e. The number of esters is 1. The molecule has 0 aliphatic heterocycles. The van der Waals surface area contributed by atoms with Crippen LogP contribution in [0.1, 0.15) is 58.9 Å². The number of phenolic OH excluding ortho intramolecular Hbond substituents is 1. The highest BCUT2D eigenvalue weighted by atomic mass is 16.5. The molecule has 3 rings (SSSR count). The summed E-state index contributed by atoms with van der Waals surface area (Å²) < 4.78 is 12.1. The van der Waals surface area contributed by atoms with Gasteiger partial charge in [0.15, 0.2) is 6.61 Å². The predicted octanol–water partition coefficient (Wildman–Crippen LogP) is 3.60. The minimum absolute atomic E-state index is 0.0964. The summed E-state index contributed by atoms with van der Waals surface area (Å²) in [6, 6.07) is 6.56. The SMILES string of the molecule is COc1ccc(O)c(C(=O)OCC(=O)Nc2c(C#N)c(C)c(C)n2C2CCCC2)c1. The third kappa shape index (κ3) is 4.10. The molecule has 0 spiro atoms. The van der Waals surface area contributed by atoms with Crippen LogP contribution in [0.25, 0.3) is 0 Å². The number of methoxy groups -OCH3 is 1. The number of nitrogens with one attached hydrogen (secondary N) is 1. The molecule has 1 aliphatic rings. The van der Waals surface area contributed by atoms with Gasteiger partial charge in [-0.2, -0.15) is 5.26 Å². The van der Waals surface area contributed by atoms with E-state index >= 15 is 0 Å². The molecule has 1 heterocycles. The first-order chi connectivity index (χ1) is 14.4. The maximum Gasteiger partial charge on any atom is 0.342 e. The smallest absolute Gasteiger partial charge is 0.342 e. The maximum atomic E-state index is 12.5. The number of hydrogen-bond donors (Lipinski definition) is 2. The number of carbonyl (C=O) groups excluding carboxylic acids is 2. The average molecular weight is 411 g/mol. The number of nitrogens with zero attached hydrogens (tertiary/aromatic N) is 2. The molecule has 30 heavy (non-hydrogen) atoms. The molecule has 0 bridgehead atoms. The van der Waals surface area contributed by atoms with E-state index in [1.807, 2.05) is 18.4 Å². The average Bonchev–Trinajstić information content (AvgIpc) is 3.33. The van der Waals surface area contributed by atoms with Crippen molar-refractivity contribution in [3.63, 3.8) is 0 Å². The van der Waals surface area contributed by atoms with Gasteiger partial charge in [-0.15, -0.1) is 0 Å². The van der Waals surface area contributed by atoms with Crippen molar-refractivity contribution < 1.29 is 24.2 Å². The van der Waals surface area contributed by atoms with Crippen molar-refractivity contribution in [3.8, 4) is 17.6 Å². The van der Waals surface area contributed by atoms with Gasteiger partial charge in [-0.3, -0.25) is 4.79 Å². The van der Waals surface area contributed by atoms with Crippen LogP contribution >= 0.6 is 0 Å². The van der Waals surface area contributed by atoms with Gasteiger partial charge in [0, 0.05) is 11.7 Å². The zero-order valence-corrected chi connectivity index (χ0v) is 17.3. The van der Waals surface area contributed by atoms with Crippen LogP contribution in [0, 0.1) is 25.2 Å². The van der Waals surface area contributed by atoms with Gasteiger partial charge in [0.05, 0.1) is 12.7 Å². The van der Waals surface area contributed by atoms with Crippen LogP contribution in [0.2, 0.25) is 0 Å². The van der Waals surface area contributed by atoms with Gasteiger partial charge in [0.1, 0.15) is 28.9 Å². The lowest BCUT2D eigenvalue weighted by Crippen LogP contribution is -2.24. The van der Waals surface area contributed by atoms with E-state index < -0.39 is 18.5 Å². The first-order valence-corrected chi connectivity index (χ1v) is 9.82. The first-order valence-electron chi connectivity index (χ1n) is 9.82.